The third-order valence-electron chi connectivity index (χ3n) is 6.05. The van der Waals surface area contributed by atoms with E-state index in [4.69, 9.17) is 11.6 Å². The van der Waals surface area contributed by atoms with Crippen LogP contribution in [0.2, 0.25) is 5.02 Å². The van der Waals surface area contributed by atoms with Crippen molar-refractivity contribution in [1.29, 1.82) is 0 Å². The molecule has 2 heterocycles. The van der Waals surface area contributed by atoms with E-state index in [0.717, 1.165) is 57.7 Å². The Balaban J connectivity index is 1.37. The number of hydrogen-bond acceptors (Lipinski definition) is 4. The minimum atomic E-state index is -0.251. The highest BCUT2D eigenvalue weighted by Crippen LogP contribution is 2.26. The van der Waals surface area contributed by atoms with E-state index in [-0.39, 0.29) is 17.9 Å². The van der Waals surface area contributed by atoms with Crippen LogP contribution in [-0.4, -0.2) is 72.3 Å². The van der Waals surface area contributed by atoms with Gasteiger partial charge in [0.05, 0.1) is 17.3 Å². The average Bonchev–Trinajstić information content (AvgIpc) is 3.32. The number of likely N-dealkylation sites (tertiary alicyclic amines) is 1. The van der Waals surface area contributed by atoms with Crippen LogP contribution >= 0.6 is 11.6 Å². The monoisotopic (exact) mass is 440 g/mol. The predicted octanol–water partition coefficient (Wildman–Crippen LogP) is 3.26. The van der Waals surface area contributed by atoms with Gasteiger partial charge in [-0.05, 0) is 30.5 Å². The van der Waals surface area contributed by atoms with Gasteiger partial charge in [0, 0.05) is 39.3 Å². The van der Waals surface area contributed by atoms with Crippen LogP contribution in [0, 0.1) is 0 Å². The molecule has 1 atom stereocenters. The summed E-state index contributed by atoms with van der Waals surface area (Å²) in [7, 11) is 0. The highest BCUT2D eigenvalue weighted by atomic mass is 35.5. The maximum Gasteiger partial charge on any atom is 0.244 e. The van der Waals surface area contributed by atoms with Crippen molar-refractivity contribution in [2.75, 3.05) is 51.1 Å². The normalized spacial score (nSPS) is 18.7. The molecule has 2 aliphatic rings. The summed E-state index contributed by atoms with van der Waals surface area (Å²) in [5.41, 5.74) is 1.68. The van der Waals surface area contributed by atoms with Gasteiger partial charge in [-0.2, -0.15) is 0 Å². The summed E-state index contributed by atoms with van der Waals surface area (Å²) in [6, 6.07) is 17.1. The number of amides is 2. The number of nitrogens with one attached hydrogen (secondary N) is 1. The lowest BCUT2D eigenvalue weighted by Crippen LogP contribution is -2.52. The third-order valence-corrected chi connectivity index (χ3v) is 6.38. The molecule has 164 valence electrons. The standard InChI is InChI=1S/C24H29ClN4O2/c25-20-10-4-5-11-21(20)26-22(30)18-27-14-16-28(17-15-27)23(19-8-2-1-3-9-19)24(31)29-12-6-7-13-29/h1-5,8-11,23H,6-7,12-18H2,(H,26,30). The van der Waals surface area contributed by atoms with Crippen molar-refractivity contribution in [3.8, 4) is 0 Å². The van der Waals surface area contributed by atoms with Crippen LogP contribution in [0.3, 0.4) is 0 Å². The maximum absolute atomic E-state index is 13.3. The van der Waals surface area contributed by atoms with Crippen molar-refractivity contribution in [3.05, 3.63) is 65.2 Å². The van der Waals surface area contributed by atoms with Crippen molar-refractivity contribution >= 4 is 29.1 Å². The SMILES string of the molecule is O=C(CN1CCN(C(C(=O)N2CCCC2)c2ccccc2)CC1)Nc1ccccc1Cl. The molecule has 1 N–H and O–H groups in total. The van der Waals surface area contributed by atoms with Gasteiger partial charge in [-0.25, -0.2) is 0 Å². The first kappa shape index (κ1) is 21.8. The van der Waals surface area contributed by atoms with Gasteiger partial charge in [-0.3, -0.25) is 19.4 Å². The summed E-state index contributed by atoms with van der Waals surface area (Å²) in [5.74, 6) is 0.128. The van der Waals surface area contributed by atoms with Gasteiger partial charge in [-0.1, -0.05) is 54.1 Å². The van der Waals surface area contributed by atoms with Crippen LogP contribution in [0.5, 0.6) is 0 Å². The fraction of sp³-hybridized carbons (Fsp3) is 0.417. The molecule has 2 fully saturated rings. The Kier molecular flexibility index (Phi) is 7.22. The Hall–Kier alpha value is -2.41. The second-order valence-corrected chi connectivity index (χ2v) is 8.59. The van der Waals surface area contributed by atoms with Crippen molar-refractivity contribution in [2.24, 2.45) is 0 Å². The molecule has 2 amide bonds. The van der Waals surface area contributed by atoms with Gasteiger partial charge >= 0.3 is 0 Å². The molecular formula is C24H29ClN4O2. The molecule has 2 aromatic carbocycles. The second kappa shape index (κ2) is 10.3. The van der Waals surface area contributed by atoms with Gasteiger partial charge in [0.15, 0.2) is 0 Å². The fourth-order valence-corrected chi connectivity index (χ4v) is 4.57. The zero-order chi connectivity index (χ0) is 21.6. The number of carbonyl (C=O) groups is 2. The quantitative estimate of drug-likeness (QED) is 0.749. The molecule has 2 aliphatic heterocycles. The van der Waals surface area contributed by atoms with Crippen LogP contribution in [0.15, 0.2) is 54.6 Å². The molecule has 0 bridgehead atoms. The van der Waals surface area contributed by atoms with Gasteiger partial charge in [0.2, 0.25) is 11.8 Å². The lowest BCUT2D eigenvalue weighted by atomic mass is 10.0. The highest BCUT2D eigenvalue weighted by Gasteiger charge is 2.34. The van der Waals surface area contributed by atoms with E-state index in [0.29, 0.717) is 17.3 Å². The first-order valence-electron chi connectivity index (χ1n) is 11.0. The van der Waals surface area contributed by atoms with Crippen molar-refractivity contribution < 1.29 is 9.59 Å². The number of halogens is 1. The zero-order valence-electron chi connectivity index (χ0n) is 17.7. The largest absolute Gasteiger partial charge is 0.341 e. The van der Waals surface area contributed by atoms with Crippen LogP contribution < -0.4 is 5.32 Å². The molecule has 7 heteroatoms. The van der Waals surface area contributed by atoms with E-state index in [2.05, 4.69) is 15.1 Å². The molecular weight excluding hydrogens is 412 g/mol. The summed E-state index contributed by atoms with van der Waals surface area (Å²) >= 11 is 6.14. The number of rotatable bonds is 6. The summed E-state index contributed by atoms with van der Waals surface area (Å²) in [6.45, 7) is 5.00. The fourth-order valence-electron chi connectivity index (χ4n) is 4.39. The number of para-hydroxylation sites is 1. The topological polar surface area (TPSA) is 55.9 Å². The first-order valence-corrected chi connectivity index (χ1v) is 11.3. The molecule has 1 unspecified atom stereocenters. The summed E-state index contributed by atoms with van der Waals surface area (Å²) in [4.78, 5) is 32.2. The van der Waals surface area contributed by atoms with Crippen LogP contribution in [0.1, 0.15) is 24.4 Å². The Morgan fingerprint density at radius 2 is 1.52 bits per heavy atom. The lowest BCUT2D eigenvalue weighted by molar-refractivity contribution is -0.137. The predicted molar refractivity (Wildman–Crippen MR) is 123 cm³/mol. The average molecular weight is 441 g/mol. The van der Waals surface area contributed by atoms with Gasteiger partial charge in [0.25, 0.3) is 0 Å². The number of carbonyl (C=O) groups excluding carboxylic acids is 2. The Morgan fingerprint density at radius 3 is 2.19 bits per heavy atom. The third kappa shape index (κ3) is 5.45. The van der Waals surface area contributed by atoms with Crippen molar-refractivity contribution in [1.82, 2.24) is 14.7 Å². The molecule has 2 saturated heterocycles. The first-order chi connectivity index (χ1) is 15.1. The zero-order valence-corrected chi connectivity index (χ0v) is 18.4. The van der Waals surface area contributed by atoms with Crippen LogP contribution in [0.4, 0.5) is 5.69 Å². The number of piperazine rings is 1. The van der Waals surface area contributed by atoms with E-state index in [1.807, 2.05) is 47.4 Å². The number of benzene rings is 2. The minimum absolute atomic E-state index is 0.0747. The van der Waals surface area contributed by atoms with Gasteiger partial charge < -0.3 is 10.2 Å². The molecule has 0 saturated carbocycles. The molecule has 0 aliphatic carbocycles. The van der Waals surface area contributed by atoms with E-state index < -0.39 is 0 Å². The molecule has 0 spiro atoms. The summed E-state index contributed by atoms with van der Waals surface area (Å²) < 4.78 is 0. The molecule has 0 aromatic heterocycles. The molecule has 4 rings (SSSR count). The summed E-state index contributed by atoms with van der Waals surface area (Å²) in [5, 5.41) is 3.42. The van der Waals surface area contributed by atoms with Gasteiger partial charge in [0.1, 0.15) is 6.04 Å². The van der Waals surface area contributed by atoms with Crippen molar-refractivity contribution in [2.45, 2.75) is 18.9 Å². The second-order valence-electron chi connectivity index (χ2n) is 8.19. The Bertz CT molecular complexity index is 893. The number of anilines is 1. The summed E-state index contributed by atoms with van der Waals surface area (Å²) in [6.07, 6.45) is 2.17. The molecule has 2 aromatic rings. The van der Waals surface area contributed by atoms with E-state index >= 15 is 0 Å². The molecule has 0 radical (unpaired) electrons. The lowest BCUT2D eigenvalue weighted by Gasteiger charge is -2.39. The molecule has 6 nitrogen and oxygen atoms in total. The molecule has 31 heavy (non-hydrogen) atoms. The number of hydrogen-bond donors (Lipinski definition) is 1. The van der Waals surface area contributed by atoms with Gasteiger partial charge in [-0.15, -0.1) is 0 Å². The Labute approximate surface area is 188 Å². The minimum Gasteiger partial charge on any atom is -0.341 e. The Morgan fingerprint density at radius 1 is 0.871 bits per heavy atom. The van der Waals surface area contributed by atoms with Crippen LogP contribution in [0.25, 0.3) is 0 Å². The maximum atomic E-state index is 13.3. The highest BCUT2D eigenvalue weighted by molar-refractivity contribution is 6.33. The number of nitrogens with zero attached hydrogens (tertiary/aromatic N) is 3. The smallest absolute Gasteiger partial charge is 0.244 e. The van der Waals surface area contributed by atoms with E-state index in [9.17, 15) is 9.59 Å². The van der Waals surface area contributed by atoms with Crippen LogP contribution in [-0.2, 0) is 9.59 Å². The van der Waals surface area contributed by atoms with E-state index in [1.54, 1.807) is 12.1 Å². The van der Waals surface area contributed by atoms with E-state index in [1.165, 1.54) is 0 Å². The van der Waals surface area contributed by atoms with Crippen molar-refractivity contribution in [3.63, 3.8) is 0 Å².